The van der Waals surface area contributed by atoms with Crippen LogP contribution < -0.4 is 5.32 Å². The first-order chi connectivity index (χ1) is 9.24. The molecule has 2 rings (SSSR count). The van der Waals surface area contributed by atoms with Crippen molar-refractivity contribution in [3.8, 4) is 0 Å². The van der Waals surface area contributed by atoms with Crippen molar-refractivity contribution in [2.75, 3.05) is 6.54 Å². The van der Waals surface area contributed by atoms with E-state index in [4.69, 9.17) is 0 Å². The summed E-state index contributed by atoms with van der Waals surface area (Å²) in [6.45, 7) is 8.34. The molecule has 1 N–H and O–H groups in total. The van der Waals surface area contributed by atoms with E-state index in [9.17, 15) is 0 Å². The molecular weight excluding hydrogens is 234 g/mol. The molecule has 0 radical (unpaired) electrons. The molecule has 1 aromatic carbocycles. The topological polar surface area (TPSA) is 29.9 Å². The van der Waals surface area contributed by atoms with Crippen LogP contribution in [0.4, 0.5) is 0 Å². The van der Waals surface area contributed by atoms with Gasteiger partial charge in [0.25, 0.3) is 0 Å². The monoisotopic (exact) mass is 257 g/mol. The molecule has 0 spiro atoms. The predicted molar refractivity (Wildman–Crippen MR) is 79.2 cm³/mol. The molecule has 0 aliphatic heterocycles. The summed E-state index contributed by atoms with van der Waals surface area (Å²) in [6, 6.07) is 8.95. The largest absolute Gasteiger partial charge is 0.306 e. The van der Waals surface area contributed by atoms with Gasteiger partial charge in [0, 0.05) is 18.3 Å². The average molecular weight is 257 g/mol. The summed E-state index contributed by atoms with van der Waals surface area (Å²) < 4.78 is 2.02. The summed E-state index contributed by atoms with van der Waals surface area (Å²) >= 11 is 0. The SMILES string of the molecule is CCCn1cc(C(NCC)c2ccc(C)cc2)cn1. The summed E-state index contributed by atoms with van der Waals surface area (Å²) in [5.74, 6) is 0. The Bertz CT molecular complexity index is 499. The van der Waals surface area contributed by atoms with Crippen LogP contribution in [0.3, 0.4) is 0 Å². The maximum Gasteiger partial charge on any atom is 0.0607 e. The second kappa shape index (κ2) is 6.53. The molecular formula is C16H23N3. The number of aryl methyl sites for hydroxylation is 2. The molecule has 19 heavy (non-hydrogen) atoms. The molecule has 1 heterocycles. The van der Waals surface area contributed by atoms with Gasteiger partial charge in [-0.05, 0) is 25.5 Å². The zero-order chi connectivity index (χ0) is 13.7. The molecule has 3 heteroatoms. The van der Waals surface area contributed by atoms with E-state index in [0.29, 0.717) is 0 Å². The first-order valence-electron chi connectivity index (χ1n) is 7.07. The Morgan fingerprint density at radius 1 is 1.16 bits per heavy atom. The van der Waals surface area contributed by atoms with Crippen molar-refractivity contribution in [2.24, 2.45) is 0 Å². The quantitative estimate of drug-likeness (QED) is 0.860. The lowest BCUT2D eigenvalue weighted by Crippen LogP contribution is -2.21. The smallest absolute Gasteiger partial charge is 0.0607 e. The summed E-state index contributed by atoms with van der Waals surface area (Å²) in [7, 11) is 0. The Kier molecular flexibility index (Phi) is 4.74. The Morgan fingerprint density at radius 3 is 2.53 bits per heavy atom. The maximum atomic E-state index is 4.43. The van der Waals surface area contributed by atoms with Crippen LogP contribution >= 0.6 is 0 Å². The third kappa shape index (κ3) is 3.44. The van der Waals surface area contributed by atoms with Crippen LogP contribution in [0, 0.1) is 6.92 Å². The second-order valence-electron chi connectivity index (χ2n) is 4.94. The summed E-state index contributed by atoms with van der Waals surface area (Å²) in [5, 5.41) is 7.97. The van der Waals surface area contributed by atoms with Crippen LogP contribution in [0.1, 0.15) is 43.0 Å². The molecule has 1 unspecified atom stereocenters. The zero-order valence-corrected chi connectivity index (χ0v) is 12.1. The molecule has 2 aromatic rings. The average Bonchev–Trinajstić information content (AvgIpc) is 2.86. The van der Waals surface area contributed by atoms with E-state index < -0.39 is 0 Å². The van der Waals surface area contributed by atoms with Crippen molar-refractivity contribution in [1.82, 2.24) is 15.1 Å². The molecule has 1 aromatic heterocycles. The summed E-state index contributed by atoms with van der Waals surface area (Å²) in [5.41, 5.74) is 3.82. The van der Waals surface area contributed by atoms with Crippen molar-refractivity contribution < 1.29 is 0 Å². The third-order valence-electron chi connectivity index (χ3n) is 3.26. The van der Waals surface area contributed by atoms with Crippen molar-refractivity contribution >= 4 is 0 Å². The van der Waals surface area contributed by atoms with Gasteiger partial charge in [-0.25, -0.2) is 0 Å². The molecule has 0 saturated heterocycles. The standard InChI is InChI=1S/C16H23N3/c1-4-10-19-12-15(11-18-19)16(17-5-2)14-8-6-13(3)7-9-14/h6-9,11-12,16-17H,4-5,10H2,1-3H3. The lowest BCUT2D eigenvalue weighted by molar-refractivity contribution is 0.597. The van der Waals surface area contributed by atoms with Gasteiger partial charge in [-0.1, -0.05) is 43.7 Å². The number of rotatable bonds is 6. The Hall–Kier alpha value is -1.61. The number of hydrogen-bond acceptors (Lipinski definition) is 2. The normalized spacial score (nSPS) is 12.6. The third-order valence-corrected chi connectivity index (χ3v) is 3.26. The van der Waals surface area contributed by atoms with E-state index in [-0.39, 0.29) is 6.04 Å². The van der Waals surface area contributed by atoms with Gasteiger partial charge in [0.05, 0.1) is 12.2 Å². The van der Waals surface area contributed by atoms with E-state index in [1.807, 2.05) is 10.9 Å². The van der Waals surface area contributed by atoms with E-state index in [0.717, 1.165) is 19.5 Å². The van der Waals surface area contributed by atoms with Gasteiger partial charge in [0.2, 0.25) is 0 Å². The Balaban J connectivity index is 2.25. The number of benzene rings is 1. The van der Waals surface area contributed by atoms with E-state index >= 15 is 0 Å². The fraction of sp³-hybridized carbons (Fsp3) is 0.438. The highest BCUT2D eigenvalue weighted by Crippen LogP contribution is 2.22. The zero-order valence-electron chi connectivity index (χ0n) is 12.1. The Labute approximate surface area is 115 Å². The van der Waals surface area contributed by atoms with Crippen molar-refractivity contribution in [3.05, 3.63) is 53.3 Å². The molecule has 102 valence electrons. The lowest BCUT2D eigenvalue weighted by atomic mass is 10.0. The molecule has 0 aliphatic carbocycles. The van der Waals surface area contributed by atoms with Gasteiger partial charge in [0.15, 0.2) is 0 Å². The lowest BCUT2D eigenvalue weighted by Gasteiger charge is -2.17. The highest BCUT2D eigenvalue weighted by Gasteiger charge is 2.14. The molecule has 0 amide bonds. The van der Waals surface area contributed by atoms with Gasteiger partial charge >= 0.3 is 0 Å². The fourth-order valence-electron chi connectivity index (χ4n) is 2.27. The van der Waals surface area contributed by atoms with Gasteiger partial charge < -0.3 is 5.32 Å². The van der Waals surface area contributed by atoms with E-state index in [1.54, 1.807) is 0 Å². The van der Waals surface area contributed by atoms with Gasteiger partial charge in [-0.3, -0.25) is 4.68 Å². The number of hydrogen-bond donors (Lipinski definition) is 1. The first kappa shape index (κ1) is 13.8. The highest BCUT2D eigenvalue weighted by molar-refractivity contribution is 5.31. The highest BCUT2D eigenvalue weighted by atomic mass is 15.3. The molecule has 3 nitrogen and oxygen atoms in total. The molecule has 0 saturated carbocycles. The number of nitrogens with zero attached hydrogens (tertiary/aromatic N) is 2. The maximum absolute atomic E-state index is 4.43. The summed E-state index contributed by atoms with van der Waals surface area (Å²) in [4.78, 5) is 0. The van der Waals surface area contributed by atoms with Crippen LogP contribution in [-0.2, 0) is 6.54 Å². The molecule has 0 bridgehead atoms. The fourth-order valence-corrected chi connectivity index (χ4v) is 2.27. The van der Waals surface area contributed by atoms with Crippen LogP contribution in [0.5, 0.6) is 0 Å². The minimum absolute atomic E-state index is 0.233. The molecule has 0 aliphatic rings. The minimum atomic E-state index is 0.233. The molecule has 1 atom stereocenters. The van der Waals surface area contributed by atoms with Crippen molar-refractivity contribution in [1.29, 1.82) is 0 Å². The minimum Gasteiger partial charge on any atom is -0.306 e. The van der Waals surface area contributed by atoms with Crippen LogP contribution in [-0.4, -0.2) is 16.3 Å². The predicted octanol–water partition coefficient (Wildman–Crippen LogP) is 3.30. The van der Waals surface area contributed by atoms with Crippen LogP contribution in [0.2, 0.25) is 0 Å². The molecule has 0 fully saturated rings. The summed E-state index contributed by atoms with van der Waals surface area (Å²) in [6.07, 6.45) is 5.23. The Morgan fingerprint density at radius 2 is 1.89 bits per heavy atom. The van der Waals surface area contributed by atoms with Crippen molar-refractivity contribution in [2.45, 2.75) is 39.8 Å². The van der Waals surface area contributed by atoms with Crippen LogP contribution in [0.15, 0.2) is 36.7 Å². The number of nitrogens with one attached hydrogen (secondary N) is 1. The second-order valence-corrected chi connectivity index (χ2v) is 4.94. The van der Waals surface area contributed by atoms with Gasteiger partial charge in [0.1, 0.15) is 0 Å². The van der Waals surface area contributed by atoms with E-state index in [1.165, 1.54) is 16.7 Å². The first-order valence-corrected chi connectivity index (χ1v) is 7.07. The van der Waals surface area contributed by atoms with Gasteiger partial charge in [-0.2, -0.15) is 5.10 Å². The van der Waals surface area contributed by atoms with Crippen molar-refractivity contribution in [3.63, 3.8) is 0 Å². The number of aromatic nitrogens is 2. The van der Waals surface area contributed by atoms with Crippen LogP contribution in [0.25, 0.3) is 0 Å². The van der Waals surface area contributed by atoms with Gasteiger partial charge in [-0.15, -0.1) is 0 Å². The van der Waals surface area contributed by atoms with E-state index in [2.05, 4.69) is 61.6 Å².